The van der Waals surface area contributed by atoms with Gasteiger partial charge in [0.2, 0.25) is 0 Å². The molecular formula is C19H40O3. The van der Waals surface area contributed by atoms with E-state index in [2.05, 4.69) is 6.92 Å². The highest BCUT2D eigenvalue weighted by Crippen LogP contribution is 2.11. The maximum Gasteiger partial charge on any atom is 0.0780 e. The van der Waals surface area contributed by atoms with E-state index in [0.717, 1.165) is 13.0 Å². The molecule has 0 aromatic heterocycles. The van der Waals surface area contributed by atoms with Crippen molar-refractivity contribution in [2.75, 3.05) is 19.8 Å². The van der Waals surface area contributed by atoms with Crippen LogP contribution in [0.15, 0.2) is 0 Å². The van der Waals surface area contributed by atoms with E-state index >= 15 is 0 Å². The third-order valence-corrected chi connectivity index (χ3v) is 4.02. The van der Waals surface area contributed by atoms with Crippen molar-refractivity contribution in [3.05, 3.63) is 0 Å². The van der Waals surface area contributed by atoms with Crippen molar-refractivity contribution in [2.45, 2.75) is 104 Å². The molecule has 3 heteroatoms. The van der Waals surface area contributed by atoms with Crippen molar-refractivity contribution in [1.29, 1.82) is 0 Å². The molecule has 2 atom stereocenters. The van der Waals surface area contributed by atoms with Crippen molar-refractivity contribution >= 4 is 0 Å². The number of aliphatic hydroxyl groups excluding tert-OH is 1. The molecule has 0 saturated carbocycles. The topological polar surface area (TPSA) is 38.7 Å². The molecule has 0 aromatic carbocycles. The highest BCUT2D eigenvalue weighted by molar-refractivity contribution is 4.52. The molecule has 0 heterocycles. The van der Waals surface area contributed by atoms with E-state index in [1.165, 1.54) is 64.2 Å². The first-order chi connectivity index (χ1) is 10.7. The van der Waals surface area contributed by atoms with E-state index in [4.69, 9.17) is 14.6 Å². The molecule has 22 heavy (non-hydrogen) atoms. The molecule has 0 aliphatic rings. The second-order valence-corrected chi connectivity index (χ2v) is 6.54. The minimum Gasteiger partial charge on any atom is -0.394 e. The highest BCUT2D eigenvalue weighted by atomic mass is 16.5. The molecule has 0 aromatic rings. The molecule has 0 spiro atoms. The Kier molecular flexibility index (Phi) is 17.1. The first kappa shape index (κ1) is 21.9. The fraction of sp³-hybridized carbons (Fsp3) is 1.00. The zero-order chi connectivity index (χ0) is 16.5. The smallest absolute Gasteiger partial charge is 0.0780 e. The number of aliphatic hydroxyl groups is 1. The highest BCUT2D eigenvalue weighted by Gasteiger charge is 2.05. The lowest BCUT2D eigenvalue weighted by molar-refractivity contribution is -0.0459. The van der Waals surface area contributed by atoms with Crippen LogP contribution in [0, 0.1) is 0 Å². The Labute approximate surface area is 138 Å². The van der Waals surface area contributed by atoms with Gasteiger partial charge < -0.3 is 14.6 Å². The summed E-state index contributed by atoms with van der Waals surface area (Å²) < 4.78 is 11.1. The van der Waals surface area contributed by atoms with Crippen LogP contribution < -0.4 is 0 Å². The standard InChI is InChI=1S/C19H40O3/c1-4-5-6-7-8-9-10-11-12-13-14-15-21-19(3)17-22-18(2)16-20/h18-20H,4-17H2,1-3H3. The fourth-order valence-corrected chi connectivity index (χ4v) is 2.45. The van der Waals surface area contributed by atoms with E-state index in [-0.39, 0.29) is 18.8 Å². The van der Waals surface area contributed by atoms with Crippen LogP contribution in [0.5, 0.6) is 0 Å². The third-order valence-electron chi connectivity index (χ3n) is 4.02. The van der Waals surface area contributed by atoms with Crippen LogP contribution >= 0.6 is 0 Å². The third kappa shape index (κ3) is 16.3. The van der Waals surface area contributed by atoms with Crippen LogP contribution in [0.25, 0.3) is 0 Å². The molecule has 3 nitrogen and oxygen atoms in total. The summed E-state index contributed by atoms with van der Waals surface area (Å²) in [5.74, 6) is 0. The SMILES string of the molecule is CCCCCCCCCCCCCOC(C)COC(C)CO. The van der Waals surface area contributed by atoms with E-state index in [0.29, 0.717) is 6.61 Å². The van der Waals surface area contributed by atoms with Crippen LogP contribution in [-0.4, -0.2) is 37.1 Å². The van der Waals surface area contributed by atoms with E-state index in [1.54, 1.807) is 0 Å². The zero-order valence-corrected chi connectivity index (χ0v) is 15.3. The Bertz CT molecular complexity index is 209. The van der Waals surface area contributed by atoms with Gasteiger partial charge in [0.25, 0.3) is 0 Å². The number of ether oxygens (including phenoxy) is 2. The second-order valence-electron chi connectivity index (χ2n) is 6.54. The summed E-state index contributed by atoms with van der Waals surface area (Å²) in [4.78, 5) is 0. The Morgan fingerprint density at radius 2 is 1.18 bits per heavy atom. The van der Waals surface area contributed by atoms with Crippen LogP contribution in [0.3, 0.4) is 0 Å². The van der Waals surface area contributed by atoms with Gasteiger partial charge in [-0.05, 0) is 20.3 Å². The molecule has 1 N–H and O–H groups in total. The summed E-state index contributed by atoms with van der Waals surface area (Å²) in [5.41, 5.74) is 0. The first-order valence-electron chi connectivity index (χ1n) is 9.54. The Hall–Kier alpha value is -0.120. The molecule has 0 bridgehead atoms. The number of hydrogen-bond donors (Lipinski definition) is 1. The fourth-order valence-electron chi connectivity index (χ4n) is 2.45. The maximum absolute atomic E-state index is 8.87. The van der Waals surface area contributed by atoms with Gasteiger partial charge >= 0.3 is 0 Å². The molecule has 0 amide bonds. The van der Waals surface area contributed by atoms with E-state index in [9.17, 15) is 0 Å². The van der Waals surface area contributed by atoms with Crippen LogP contribution in [0.4, 0.5) is 0 Å². The zero-order valence-electron chi connectivity index (χ0n) is 15.3. The van der Waals surface area contributed by atoms with Crippen LogP contribution in [-0.2, 0) is 9.47 Å². The monoisotopic (exact) mass is 316 g/mol. The second kappa shape index (κ2) is 17.2. The summed E-state index contributed by atoms with van der Waals surface area (Å²) in [6.07, 6.45) is 15.0. The largest absolute Gasteiger partial charge is 0.394 e. The van der Waals surface area contributed by atoms with Crippen LogP contribution in [0.1, 0.15) is 91.4 Å². The molecule has 0 fully saturated rings. The normalized spacial score (nSPS) is 14.2. The van der Waals surface area contributed by atoms with Gasteiger partial charge in [-0.3, -0.25) is 0 Å². The van der Waals surface area contributed by atoms with E-state index in [1.807, 2.05) is 13.8 Å². The Balaban J connectivity index is 3.13. The number of rotatable bonds is 17. The number of unbranched alkanes of at least 4 members (excludes halogenated alkanes) is 10. The summed E-state index contributed by atoms with van der Waals surface area (Å²) in [6, 6.07) is 0. The summed E-state index contributed by atoms with van der Waals surface area (Å²) in [5, 5.41) is 8.87. The summed E-state index contributed by atoms with van der Waals surface area (Å²) in [7, 11) is 0. The van der Waals surface area contributed by atoms with E-state index < -0.39 is 0 Å². The summed E-state index contributed by atoms with van der Waals surface area (Å²) >= 11 is 0. The lowest BCUT2D eigenvalue weighted by atomic mass is 10.1. The lowest BCUT2D eigenvalue weighted by Gasteiger charge is -2.16. The predicted molar refractivity (Wildman–Crippen MR) is 94.4 cm³/mol. The first-order valence-corrected chi connectivity index (χ1v) is 9.54. The average molecular weight is 317 g/mol. The van der Waals surface area contributed by atoms with Gasteiger partial charge in [-0.1, -0.05) is 71.1 Å². The lowest BCUT2D eigenvalue weighted by Crippen LogP contribution is -2.22. The van der Waals surface area contributed by atoms with Crippen LogP contribution in [0.2, 0.25) is 0 Å². The molecule has 0 aliphatic heterocycles. The van der Waals surface area contributed by atoms with Gasteiger partial charge in [0.05, 0.1) is 25.4 Å². The predicted octanol–water partition coefficient (Wildman–Crippen LogP) is 5.10. The minimum atomic E-state index is -0.0898. The van der Waals surface area contributed by atoms with Crippen molar-refractivity contribution in [2.24, 2.45) is 0 Å². The summed E-state index contributed by atoms with van der Waals surface area (Å²) in [6.45, 7) is 7.65. The van der Waals surface area contributed by atoms with Crippen molar-refractivity contribution in [3.63, 3.8) is 0 Å². The quantitative estimate of drug-likeness (QED) is 0.379. The maximum atomic E-state index is 8.87. The van der Waals surface area contributed by atoms with Gasteiger partial charge in [0, 0.05) is 6.61 Å². The van der Waals surface area contributed by atoms with Gasteiger partial charge in [-0.15, -0.1) is 0 Å². The molecule has 2 unspecified atom stereocenters. The molecule has 134 valence electrons. The van der Waals surface area contributed by atoms with Gasteiger partial charge in [0.1, 0.15) is 0 Å². The van der Waals surface area contributed by atoms with Gasteiger partial charge in [0.15, 0.2) is 0 Å². The molecule has 0 rings (SSSR count). The molecular weight excluding hydrogens is 276 g/mol. The van der Waals surface area contributed by atoms with Crippen molar-refractivity contribution in [3.8, 4) is 0 Å². The van der Waals surface area contributed by atoms with Crippen molar-refractivity contribution in [1.82, 2.24) is 0 Å². The van der Waals surface area contributed by atoms with Gasteiger partial charge in [-0.25, -0.2) is 0 Å². The van der Waals surface area contributed by atoms with Crippen molar-refractivity contribution < 1.29 is 14.6 Å². The molecule has 0 radical (unpaired) electrons. The Morgan fingerprint density at radius 1 is 0.682 bits per heavy atom. The molecule has 0 aliphatic carbocycles. The van der Waals surface area contributed by atoms with Gasteiger partial charge in [-0.2, -0.15) is 0 Å². The molecule has 0 saturated heterocycles. The minimum absolute atomic E-state index is 0.0747. The number of hydrogen-bond acceptors (Lipinski definition) is 3. The Morgan fingerprint density at radius 3 is 1.68 bits per heavy atom. The average Bonchev–Trinajstić information content (AvgIpc) is 2.53.